The van der Waals surface area contributed by atoms with Gasteiger partial charge in [0.1, 0.15) is 11.5 Å². The van der Waals surface area contributed by atoms with E-state index in [2.05, 4.69) is 0 Å². The minimum absolute atomic E-state index is 0.476. The molecule has 1 aliphatic rings. The Balaban J connectivity index is 2.45. The lowest BCUT2D eigenvalue weighted by Gasteiger charge is -2.13. The molecule has 4 nitrogen and oxygen atoms in total. The van der Waals surface area contributed by atoms with Crippen LogP contribution >= 0.6 is 11.6 Å². The van der Waals surface area contributed by atoms with Gasteiger partial charge in [0, 0.05) is 13.2 Å². The highest BCUT2D eigenvalue weighted by atomic mass is 35.5. The first-order chi connectivity index (χ1) is 6.20. The zero-order valence-electron chi connectivity index (χ0n) is 7.77. The molecule has 13 heavy (non-hydrogen) atoms. The van der Waals surface area contributed by atoms with Crippen LogP contribution in [0.1, 0.15) is 13.8 Å². The van der Waals surface area contributed by atoms with Crippen molar-refractivity contribution in [3.05, 3.63) is 0 Å². The second kappa shape index (κ2) is 5.12. The monoisotopic (exact) mass is 210 g/mol. The number of aliphatic hydroxyl groups is 1. The Kier molecular flexibility index (Phi) is 4.41. The zero-order chi connectivity index (χ0) is 9.84. The predicted molar refractivity (Wildman–Crippen MR) is 47.6 cm³/mol. The molecule has 78 valence electrons. The first kappa shape index (κ1) is 11.2. The predicted octanol–water partition coefficient (Wildman–Crippen LogP) is 0.710. The van der Waals surface area contributed by atoms with Crippen molar-refractivity contribution in [2.45, 2.75) is 37.9 Å². The van der Waals surface area contributed by atoms with Crippen LogP contribution in [0.25, 0.3) is 0 Å². The van der Waals surface area contributed by atoms with E-state index in [4.69, 9.17) is 25.8 Å². The van der Waals surface area contributed by atoms with Gasteiger partial charge in [-0.05, 0) is 13.8 Å². The highest BCUT2D eigenvalue weighted by Gasteiger charge is 2.43. The molecule has 4 unspecified atom stereocenters. The molecule has 0 aliphatic carbocycles. The van der Waals surface area contributed by atoms with Gasteiger partial charge in [0.25, 0.3) is 0 Å². The van der Waals surface area contributed by atoms with Gasteiger partial charge in [-0.25, -0.2) is 0 Å². The van der Waals surface area contributed by atoms with Crippen molar-refractivity contribution in [2.24, 2.45) is 0 Å². The first-order valence-electron chi connectivity index (χ1n) is 4.41. The largest absolute Gasteiger partial charge is 0.386 e. The van der Waals surface area contributed by atoms with Crippen molar-refractivity contribution in [3.8, 4) is 0 Å². The Labute approximate surface area is 82.7 Å². The normalized spacial score (nSPS) is 39.7. The minimum Gasteiger partial charge on any atom is -0.386 e. The fourth-order valence-electron chi connectivity index (χ4n) is 1.20. The van der Waals surface area contributed by atoms with E-state index in [1.54, 1.807) is 0 Å². The Hall–Kier alpha value is 0.130. The van der Waals surface area contributed by atoms with Crippen LogP contribution in [-0.4, -0.2) is 42.4 Å². The van der Waals surface area contributed by atoms with Gasteiger partial charge in [-0.15, -0.1) is 11.6 Å². The summed E-state index contributed by atoms with van der Waals surface area (Å²) in [6.07, 6.45) is -2.06. The molecule has 4 atom stereocenters. The summed E-state index contributed by atoms with van der Waals surface area (Å²) in [6, 6.07) is 0. The molecule has 0 aromatic heterocycles. The lowest BCUT2D eigenvalue weighted by molar-refractivity contribution is -0.213. The Bertz CT molecular complexity index is 139. The van der Waals surface area contributed by atoms with Crippen molar-refractivity contribution >= 4 is 11.6 Å². The standard InChI is InChI=1S/C8H15ClO4/c1-3-11-7-5(9)6(10)8(13-7)12-4-2/h5-8,10H,3-4H2,1-2H3. The molecular formula is C8H15ClO4. The Morgan fingerprint density at radius 2 is 1.77 bits per heavy atom. The molecule has 0 spiro atoms. The third kappa shape index (κ3) is 2.54. The molecule has 0 radical (unpaired) electrons. The molecule has 1 aliphatic heterocycles. The smallest absolute Gasteiger partial charge is 0.188 e. The molecule has 0 saturated carbocycles. The quantitative estimate of drug-likeness (QED) is 0.695. The SMILES string of the molecule is CCOC1OC(OCC)C(Cl)C1O. The molecule has 1 saturated heterocycles. The number of ether oxygens (including phenoxy) is 3. The van der Waals surface area contributed by atoms with Gasteiger partial charge in [0.05, 0.1) is 0 Å². The Morgan fingerprint density at radius 1 is 1.23 bits per heavy atom. The van der Waals surface area contributed by atoms with Gasteiger partial charge in [0.15, 0.2) is 12.6 Å². The molecule has 1 rings (SSSR count). The molecular weight excluding hydrogens is 196 g/mol. The molecule has 1 fully saturated rings. The summed E-state index contributed by atoms with van der Waals surface area (Å²) in [5, 5.41) is 8.96. The van der Waals surface area contributed by atoms with E-state index in [1.807, 2.05) is 13.8 Å². The van der Waals surface area contributed by atoms with E-state index in [-0.39, 0.29) is 0 Å². The van der Waals surface area contributed by atoms with E-state index >= 15 is 0 Å². The van der Waals surface area contributed by atoms with Gasteiger partial charge in [-0.1, -0.05) is 0 Å². The molecule has 5 heteroatoms. The number of hydrogen-bond acceptors (Lipinski definition) is 4. The van der Waals surface area contributed by atoms with Crippen LogP contribution in [0.3, 0.4) is 0 Å². The fraction of sp³-hybridized carbons (Fsp3) is 1.00. The molecule has 0 amide bonds. The van der Waals surface area contributed by atoms with Crippen molar-refractivity contribution in [1.82, 2.24) is 0 Å². The van der Waals surface area contributed by atoms with E-state index in [1.165, 1.54) is 0 Å². The number of alkyl halides is 1. The van der Waals surface area contributed by atoms with Gasteiger partial charge < -0.3 is 19.3 Å². The second-order valence-electron chi connectivity index (χ2n) is 2.72. The van der Waals surface area contributed by atoms with Crippen LogP contribution < -0.4 is 0 Å². The van der Waals surface area contributed by atoms with E-state index in [0.717, 1.165) is 0 Å². The number of aliphatic hydroxyl groups excluding tert-OH is 1. The minimum atomic E-state index is -0.821. The first-order valence-corrected chi connectivity index (χ1v) is 4.85. The summed E-state index contributed by atoms with van der Waals surface area (Å²) in [5.74, 6) is 0. The van der Waals surface area contributed by atoms with Gasteiger partial charge >= 0.3 is 0 Å². The van der Waals surface area contributed by atoms with E-state index in [0.29, 0.717) is 13.2 Å². The van der Waals surface area contributed by atoms with E-state index in [9.17, 15) is 5.11 Å². The summed E-state index contributed by atoms with van der Waals surface area (Å²) >= 11 is 5.86. The highest BCUT2D eigenvalue weighted by Crippen LogP contribution is 2.27. The Morgan fingerprint density at radius 3 is 2.31 bits per heavy atom. The molecule has 0 bridgehead atoms. The lowest BCUT2D eigenvalue weighted by Crippen LogP contribution is -2.30. The maximum atomic E-state index is 9.52. The van der Waals surface area contributed by atoms with Crippen molar-refractivity contribution in [1.29, 1.82) is 0 Å². The lowest BCUT2D eigenvalue weighted by atomic mass is 10.3. The third-order valence-corrected chi connectivity index (χ3v) is 2.26. The van der Waals surface area contributed by atoms with Crippen molar-refractivity contribution in [3.63, 3.8) is 0 Å². The number of halogens is 1. The van der Waals surface area contributed by atoms with Crippen LogP contribution in [0.5, 0.6) is 0 Å². The van der Waals surface area contributed by atoms with Crippen molar-refractivity contribution in [2.75, 3.05) is 13.2 Å². The topological polar surface area (TPSA) is 47.9 Å². The summed E-state index contributed by atoms with van der Waals surface area (Å²) in [6.45, 7) is 4.64. The average Bonchev–Trinajstić information content (AvgIpc) is 2.36. The third-order valence-electron chi connectivity index (χ3n) is 1.80. The van der Waals surface area contributed by atoms with Crippen LogP contribution in [0.4, 0.5) is 0 Å². The van der Waals surface area contributed by atoms with Gasteiger partial charge in [0.2, 0.25) is 0 Å². The zero-order valence-corrected chi connectivity index (χ0v) is 8.53. The second-order valence-corrected chi connectivity index (χ2v) is 3.22. The number of hydrogen-bond donors (Lipinski definition) is 1. The summed E-state index contributed by atoms with van der Waals surface area (Å²) < 4.78 is 15.5. The van der Waals surface area contributed by atoms with Crippen LogP contribution in [0.15, 0.2) is 0 Å². The molecule has 1 N–H and O–H groups in total. The van der Waals surface area contributed by atoms with Crippen LogP contribution in [-0.2, 0) is 14.2 Å². The van der Waals surface area contributed by atoms with Crippen molar-refractivity contribution < 1.29 is 19.3 Å². The van der Waals surface area contributed by atoms with Crippen LogP contribution in [0, 0.1) is 0 Å². The number of rotatable bonds is 4. The summed E-state index contributed by atoms with van der Waals surface area (Å²) in [4.78, 5) is 0. The highest BCUT2D eigenvalue weighted by molar-refractivity contribution is 6.21. The molecule has 1 heterocycles. The molecule has 0 aromatic carbocycles. The van der Waals surface area contributed by atoms with Crippen LogP contribution in [0.2, 0.25) is 0 Å². The molecule has 0 aromatic rings. The maximum Gasteiger partial charge on any atom is 0.188 e. The van der Waals surface area contributed by atoms with Gasteiger partial charge in [-0.3, -0.25) is 0 Å². The summed E-state index contributed by atoms with van der Waals surface area (Å²) in [5.41, 5.74) is 0. The maximum absolute atomic E-state index is 9.52. The summed E-state index contributed by atoms with van der Waals surface area (Å²) in [7, 11) is 0. The average molecular weight is 211 g/mol. The fourth-order valence-corrected chi connectivity index (χ4v) is 1.45. The van der Waals surface area contributed by atoms with E-state index < -0.39 is 24.1 Å². The van der Waals surface area contributed by atoms with Gasteiger partial charge in [-0.2, -0.15) is 0 Å².